The number of nitrogens with one attached hydrogen (secondary N) is 1. The van der Waals surface area contributed by atoms with Gasteiger partial charge in [0, 0.05) is 6.04 Å². The Morgan fingerprint density at radius 2 is 1.90 bits per heavy atom. The van der Waals surface area contributed by atoms with E-state index >= 15 is 0 Å². The van der Waals surface area contributed by atoms with Crippen molar-refractivity contribution in [2.24, 2.45) is 17.6 Å². The molecule has 0 heterocycles. The van der Waals surface area contributed by atoms with Crippen LogP contribution >= 0.6 is 12.4 Å². The van der Waals surface area contributed by atoms with Gasteiger partial charge in [0.25, 0.3) is 0 Å². The van der Waals surface area contributed by atoms with Crippen molar-refractivity contribution in [3.8, 4) is 0 Å². The molecule has 1 aromatic rings. The molecule has 20 heavy (non-hydrogen) atoms. The van der Waals surface area contributed by atoms with Crippen molar-refractivity contribution in [1.82, 2.24) is 5.32 Å². The van der Waals surface area contributed by atoms with Gasteiger partial charge in [-0.15, -0.1) is 12.4 Å². The summed E-state index contributed by atoms with van der Waals surface area (Å²) in [6.07, 6.45) is 3.52. The highest BCUT2D eigenvalue weighted by atomic mass is 35.5. The fourth-order valence-corrected chi connectivity index (χ4v) is 2.87. The van der Waals surface area contributed by atoms with Gasteiger partial charge >= 0.3 is 0 Å². The van der Waals surface area contributed by atoms with Crippen LogP contribution in [0.1, 0.15) is 44.7 Å². The van der Waals surface area contributed by atoms with E-state index in [1.807, 2.05) is 30.3 Å². The lowest BCUT2D eigenvalue weighted by molar-refractivity contribution is -0.123. The van der Waals surface area contributed by atoms with Crippen LogP contribution in [0.25, 0.3) is 0 Å². The third-order valence-electron chi connectivity index (χ3n) is 4.48. The standard InChI is InChI=1S/C16H24N2O.ClH/c1-11-7-6-10-14(12(11)2)18-16(19)15(17)13-8-4-3-5-9-13;/h3-5,8-9,11-12,14-15H,6-7,10,17H2,1-2H3,(H,18,19);1H. The fourth-order valence-electron chi connectivity index (χ4n) is 2.87. The molecule has 112 valence electrons. The maximum atomic E-state index is 12.2. The van der Waals surface area contributed by atoms with E-state index in [0.29, 0.717) is 11.8 Å². The summed E-state index contributed by atoms with van der Waals surface area (Å²) in [4.78, 5) is 12.2. The van der Waals surface area contributed by atoms with Crippen molar-refractivity contribution in [2.75, 3.05) is 0 Å². The molecular weight excluding hydrogens is 272 g/mol. The molecule has 1 aliphatic carbocycles. The topological polar surface area (TPSA) is 55.1 Å². The Labute approximate surface area is 127 Å². The van der Waals surface area contributed by atoms with Crippen molar-refractivity contribution < 1.29 is 4.79 Å². The highest BCUT2D eigenvalue weighted by Crippen LogP contribution is 2.29. The molecule has 3 N–H and O–H groups in total. The molecule has 1 aromatic carbocycles. The molecular formula is C16H25ClN2O. The summed E-state index contributed by atoms with van der Waals surface area (Å²) in [7, 11) is 0. The number of hydrogen-bond acceptors (Lipinski definition) is 2. The molecule has 1 amide bonds. The van der Waals surface area contributed by atoms with Crippen molar-refractivity contribution in [3.63, 3.8) is 0 Å². The molecule has 4 atom stereocenters. The minimum absolute atomic E-state index is 0. The van der Waals surface area contributed by atoms with E-state index in [0.717, 1.165) is 12.0 Å². The number of nitrogens with two attached hydrogens (primary N) is 1. The zero-order valence-corrected chi connectivity index (χ0v) is 13.0. The average molecular weight is 297 g/mol. The van der Waals surface area contributed by atoms with Crippen LogP contribution in [0.4, 0.5) is 0 Å². The van der Waals surface area contributed by atoms with Gasteiger partial charge in [-0.3, -0.25) is 4.79 Å². The second-order valence-corrected chi connectivity index (χ2v) is 5.77. The van der Waals surface area contributed by atoms with E-state index in [9.17, 15) is 4.79 Å². The molecule has 4 unspecified atom stereocenters. The predicted octanol–water partition coefficient (Wildman–Crippen LogP) is 3.05. The van der Waals surface area contributed by atoms with Crippen LogP contribution in [0.3, 0.4) is 0 Å². The Morgan fingerprint density at radius 1 is 1.25 bits per heavy atom. The van der Waals surface area contributed by atoms with Crippen LogP contribution in [0, 0.1) is 11.8 Å². The van der Waals surface area contributed by atoms with Crippen LogP contribution in [0.2, 0.25) is 0 Å². The number of benzene rings is 1. The monoisotopic (exact) mass is 296 g/mol. The first-order valence-electron chi connectivity index (χ1n) is 7.20. The van der Waals surface area contributed by atoms with E-state index in [1.54, 1.807) is 0 Å². The Balaban J connectivity index is 0.00000200. The molecule has 0 aliphatic heterocycles. The highest BCUT2D eigenvalue weighted by Gasteiger charge is 2.29. The van der Waals surface area contributed by atoms with Crippen molar-refractivity contribution in [1.29, 1.82) is 0 Å². The number of rotatable bonds is 3. The Hall–Kier alpha value is -1.06. The van der Waals surface area contributed by atoms with Gasteiger partial charge in [0.1, 0.15) is 6.04 Å². The zero-order chi connectivity index (χ0) is 13.8. The molecule has 3 nitrogen and oxygen atoms in total. The van der Waals surface area contributed by atoms with E-state index in [2.05, 4.69) is 19.2 Å². The van der Waals surface area contributed by atoms with Crippen molar-refractivity contribution in [2.45, 2.75) is 45.2 Å². The van der Waals surface area contributed by atoms with E-state index < -0.39 is 6.04 Å². The second-order valence-electron chi connectivity index (χ2n) is 5.77. The molecule has 0 saturated heterocycles. The first-order chi connectivity index (χ1) is 9.09. The minimum atomic E-state index is -0.564. The SMILES string of the molecule is CC1CCCC(NC(=O)C(N)c2ccccc2)C1C.Cl. The van der Waals surface area contributed by atoms with Gasteiger partial charge in [0.05, 0.1) is 0 Å². The smallest absolute Gasteiger partial charge is 0.241 e. The van der Waals surface area contributed by atoms with Crippen molar-refractivity contribution in [3.05, 3.63) is 35.9 Å². The summed E-state index contributed by atoms with van der Waals surface area (Å²) >= 11 is 0. The number of carbonyl (C=O) groups excluding carboxylic acids is 1. The Kier molecular flexibility index (Phi) is 6.50. The van der Waals surface area contributed by atoms with E-state index in [1.165, 1.54) is 12.8 Å². The molecule has 0 aromatic heterocycles. The molecule has 1 aliphatic rings. The quantitative estimate of drug-likeness (QED) is 0.901. The van der Waals surface area contributed by atoms with Crippen molar-refractivity contribution >= 4 is 18.3 Å². The second kappa shape index (κ2) is 7.65. The van der Waals surface area contributed by atoms with Crippen LogP contribution in [-0.4, -0.2) is 11.9 Å². The summed E-state index contributed by atoms with van der Waals surface area (Å²) < 4.78 is 0. The fraction of sp³-hybridized carbons (Fsp3) is 0.562. The first-order valence-corrected chi connectivity index (χ1v) is 7.20. The summed E-state index contributed by atoms with van der Waals surface area (Å²) in [5.74, 6) is 1.14. The van der Waals surface area contributed by atoms with Gasteiger partial charge in [0.15, 0.2) is 0 Å². The highest BCUT2D eigenvalue weighted by molar-refractivity contribution is 5.85. The summed E-state index contributed by atoms with van der Waals surface area (Å²) in [6.45, 7) is 4.49. The Morgan fingerprint density at radius 3 is 2.55 bits per heavy atom. The lowest BCUT2D eigenvalue weighted by Crippen LogP contribution is -2.46. The average Bonchev–Trinajstić information content (AvgIpc) is 2.44. The van der Waals surface area contributed by atoms with Gasteiger partial charge in [-0.05, 0) is 23.8 Å². The lowest BCUT2D eigenvalue weighted by Gasteiger charge is -2.35. The van der Waals surface area contributed by atoms with E-state index in [4.69, 9.17) is 5.73 Å². The van der Waals surface area contributed by atoms with Gasteiger partial charge < -0.3 is 11.1 Å². The maximum absolute atomic E-state index is 12.2. The normalized spacial score (nSPS) is 27.2. The summed E-state index contributed by atoms with van der Waals surface area (Å²) in [5, 5.41) is 3.13. The Bertz CT molecular complexity index is 424. The molecule has 4 heteroatoms. The molecule has 0 radical (unpaired) electrons. The summed E-state index contributed by atoms with van der Waals surface area (Å²) in [6, 6.07) is 9.26. The number of hydrogen-bond donors (Lipinski definition) is 2. The van der Waals surface area contributed by atoms with Gasteiger partial charge in [-0.25, -0.2) is 0 Å². The van der Waals surface area contributed by atoms with E-state index in [-0.39, 0.29) is 24.4 Å². The largest absolute Gasteiger partial charge is 0.351 e. The van der Waals surface area contributed by atoms with Crippen LogP contribution in [0.15, 0.2) is 30.3 Å². The molecule has 1 fully saturated rings. The third-order valence-corrected chi connectivity index (χ3v) is 4.48. The minimum Gasteiger partial charge on any atom is -0.351 e. The van der Waals surface area contributed by atoms with Crippen LogP contribution in [-0.2, 0) is 4.79 Å². The van der Waals surface area contributed by atoms with Gasteiger partial charge in [-0.1, -0.05) is 57.0 Å². The first kappa shape index (κ1) is 17.0. The molecule has 0 spiro atoms. The van der Waals surface area contributed by atoms with Gasteiger partial charge in [-0.2, -0.15) is 0 Å². The summed E-state index contributed by atoms with van der Waals surface area (Å²) in [5.41, 5.74) is 6.90. The number of amides is 1. The number of halogens is 1. The van der Waals surface area contributed by atoms with Gasteiger partial charge in [0.2, 0.25) is 5.91 Å². The number of carbonyl (C=O) groups is 1. The molecule has 1 saturated carbocycles. The van der Waals surface area contributed by atoms with Crippen LogP contribution in [0.5, 0.6) is 0 Å². The molecule has 2 rings (SSSR count). The maximum Gasteiger partial charge on any atom is 0.241 e. The lowest BCUT2D eigenvalue weighted by atomic mass is 9.78. The zero-order valence-electron chi connectivity index (χ0n) is 12.2. The third kappa shape index (κ3) is 3.97. The van der Waals surface area contributed by atoms with Crippen LogP contribution < -0.4 is 11.1 Å². The predicted molar refractivity (Wildman–Crippen MR) is 84.7 cm³/mol. The molecule has 0 bridgehead atoms.